The second-order valence-electron chi connectivity index (χ2n) is 15.9. The summed E-state index contributed by atoms with van der Waals surface area (Å²) >= 11 is 0. The number of amides is 4. The van der Waals surface area contributed by atoms with Gasteiger partial charge in [-0.25, -0.2) is 14.8 Å². The zero-order valence-corrected chi connectivity index (χ0v) is 32.5. The van der Waals surface area contributed by atoms with E-state index < -0.39 is 12.1 Å². The third kappa shape index (κ3) is 7.61. The maximum atomic E-state index is 13.6. The molecule has 4 N–H and O–H groups in total. The maximum absolute atomic E-state index is 13.6. The monoisotopic (exact) mass is 748 g/mol. The van der Waals surface area contributed by atoms with Crippen LogP contribution in [-0.4, -0.2) is 79.4 Å². The second-order valence-corrected chi connectivity index (χ2v) is 15.9. The number of carbonyl (C=O) groups is 4. The molecule has 3 fully saturated rings. The van der Waals surface area contributed by atoms with E-state index in [4.69, 9.17) is 9.72 Å². The molecular formula is C42H52N8O5. The van der Waals surface area contributed by atoms with E-state index in [0.29, 0.717) is 18.4 Å². The fraction of sp³-hybridized carbons (Fsp3) is 0.476. The van der Waals surface area contributed by atoms with Crippen LogP contribution in [0.15, 0.2) is 60.9 Å². The molecule has 13 heteroatoms. The molecule has 3 heterocycles. The summed E-state index contributed by atoms with van der Waals surface area (Å²) in [5.74, 6) is 1.51. The molecule has 2 saturated carbocycles. The van der Waals surface area contributed by atoms with Crippen molar-refractivity contribution < 1.29 is 23.9 Å². The van der Waals surface area contributed by atoms with Gasteiger partial charge in [-0.1, -0.05) is 62.4 Å². The van der Waals surface area contributed by atoms with Crippen molar-refractivity contribution in [2.45, 2.75) is 90.8 Å². The normalized spacial score (nSPS) is 22.3. The Labute approximate surface area is 322 Å². The van der Waals surface area contributed by atoms with E-state index in [1.54, 1.807) is 0 Å². The second kappa shape index (κ2) is 15.7. The first-order valence-electron chi connectivity index (χ1n) is 19.5. The van der Waals surface area contributed by atoms with Crippen molar-refractivity contribution in [3.05, 3.63) is 72.6 Å². The van der Waals surface area contributed by atoms with Gasteiger partial charge in [0, 0.05) is 25.4 Å². The van der Waals surface area contributed by atoms with Crippen molar-refractivity contribution >= 4 is 23.8 Å². The van der Waals surface area contributed by atoms with E-state index in [-0.39, 0.29) is 47.6 Å². The number of benzene rings is 2. The molecule has 0 spiro atoms. The highest BCUT2D eigenvalue weighted by atomic mass is 16.5. The summed E-state index contributed by atoms with van der Waals surface area (Å²) in [6, 6.07) is 15.6. The predicted molar refractivity (Wildman–Crippen MR) is 208 cm³/mol. The molecule has 4 aromatic rings. The standard InChI is InChI=1S/C42H52N8O5/c1-23(2)37(47-42(54)55-6)41(53)49-19-7-8-34(49)38-43-21-32(45-38)28-13-9-26(10-14-28)27-11-15-29(16-12-27)33-22-44-39(46-33)35-30-17-18-31(20-30)36(35)40(52)48-50(24(3)4)25(5)51/h9-16,21-24,30-31,34-37H,7-8,17-20H2,1-6H3,(H,43,45)(H,44,46)(H,47,54)(H,48,52)/t30-,31+,34-,35+,36+,37?/m0/s1. The number of likely N-dealkylation sites (tertiary alicyclic amines) is 1. The first kappa shape index (κ1) is 37.8. The molecule has 1 unspecified atom stereocenters. The molecule has 2 aromatic carbocycles. The van der Waals surface area contributed by atoms with Crippen molar-refractivity contribution in [1.82, 2.24) is 40.6 Å². The van der Waals surface area contributed by atoms with Crippen LogP contribution in [0, 0.1) is 23.7 Å². The van der Waals surface area contributed by atoms with Crippen LogP contribution in [0.2, 0.25) is 0 Å². The molecule has 4 amide bonds. The lowest BCUT2D eigenvalue weighted by molar-refractivity contribution is -0.145. The van der Waals surface area contributed by atoms with Gasteiger partial charge in [-0.05, 0) is 86.0 Å². The number of nitrogens with one attached hydrogen (secondary N) is 4. The molecule has 1 aliphatic heterocycles. The van der Waals surface area contributed by atoms with Crippen LogP contribution in [-0.2, 0) is 19.1 Å². The van der Waals surface area contributed by atoms with E-state index in [1.165, 1.54) is 19.0 Å². The number of hydrazine groups is 1. The van der Waals surface area contributed by atoms with Crippen LogP contribution >= 0.6 is 0 Å². The van der Waals surface area contributed by atoms with Gasteiger partial charge < -0.3 is 24.9 Å². The van der Waals surface area contributed by atoms with E-state index in [9.17, 15) is 19.2 Å². The predicted octanol–water partition coefficient (Wildman–Crippen LogP) is 6.60. The molecular weight excluding hydrogens is 697 g/mol. The van der Waals surface area contributed by atoms with Crippen LogP contribution in [0.25, 0.3) is 33.6 Å². The lowest BCUT2D eigenvalue weighted by Gasteiger charge is -2.32. The zero-order valence-electron chi connectivity index (χ0n) is 32.5. The van der Waals surface area contributed by atoms with Crippen molar-refractivity contribution in [3.8, 4) is 33.6 Å². The van der Waals surface area contributed by atoms with E-state index in [0.717, 1.165) is 77.4 Å². The number of ether oxygens (including phenoxy) is 1. The minimum absolute atomic E-state index is 0.00984. The number of carbonyl (C=O) groups excluding carboxylic acids is 4. The summed E-state index contributed by atoms with van der Waals surface area (Å²) in [6.45, 7) is 9.67. The Bertz CT molecular complexity index is 2020. The molecule has 2 aromatic heterocycles. The maximum Gasteiger partial charge on any atom is 0.407 e. The van der Waals surface area contributed by atoms with Crippen LogP contribution in [0.4, 0.5) is 4.79 Å². The SMILES string of the molecule is COC(=O)NC(C(=O)N1CCC[C@H]1c1ncc(-c2ccc(-c3ccc(-c4cnc([C@@H]5[C@H]6CC[C@H](C6)[C@H]5C(=O)NN(C(C)=O)C(C)C)[nH]4)cc3)cc2)[nH]1)C(C)C. The number of hydrogen-bond acceptors (Lipinski definition) is 7. The summed E-state index contributed by atoms with van der Waals surface area (Å²) < 4.78 is 4.76. The van der Waals surface area contributed by atoms with Gasteiger partial charge in [-0.3, -0.25) is 24.8 Å². The summed E-state index contributed by atoms with van der Waals surface area (Å²) in [4.78, 5) is 69.5. The summed E-state index contributed by atoms with van der Waals surface area (Å²) in [6.07, 6.45) is 7.80. The Balaban J connectivity index is 1.01. The quantitative estimate of drug-likeness (QED) is 0.133. The van der Waals surface area contributed by atoms with Crippen molar-refractivity contribution in [2.75, 3.05) is 13.7 Å². The molecule has 0 radical (unpaired) electrons. The van der Waals surface area contributed by atoms with Crippen LogP contribution < -0.4 is 10.7 Å². The number of nitrogens with zero attached hydrogens (tertiary/aromatic N) is 4. The zero-order chi connectivity index (χ0) is 39.0. The Kier molecular flexibility index (Phi) is 10.8. The summed E-state index contributed by atoms with van der Waals surface area (Å²) in [7, 11) is 1.29. The number of hydrogen-bond donors (Lipinski definition) is 4. The Morgan fingerprint density at radius 3 is 1.95 bits per heavy atom. The van der Waals surface area contributed by atoms with Gasteiger partial charge in [0.1, 0.15) is 17.7 Å². The average Bonchev–Trinajstić information content (AvgIpc) is 4.03. The lowest BCUT2D eigenvalue weighted by atomic mass is 9.78. The highest BCUT2D eigenvalue weighted by Crippen LogP contribution is 2.56. The molecule has 3 aliphatic rings. The third-order valence-electron chi connectivity index (χ3n) is 11.8. The molecule has 2 aliphatic carbocycles. The van der Waals surface area contributed by atoms with Gasteiger partial charge >= 0.3 is 6.09 Å². The summed E-state index contributed by atoms with van der Waals surface area (Å²) in [5.41, 5.74) is 8.83. The number of rotatable bonds is 10. The van der Waals surface area contributed by atoms with Crippen molar-refractivity contribution in [2.24, 2.45) is 23.7 Å². The van der Waals surface area contributed by atoms with Gasteiger partial charge in [0.25, 0.3) is 0 Å². The van der Waals surface area contributed by atoms with Gasteiger partial charge in [0.05, 0.1) is 42.9 Å². The third-order valence-corrected chi connectivity index (χ3v) is 11.8. The van der Waals surface area contributed by atoms with Crippen LogP contribution in [0.5, 0.6) is 0 Å². The number of aromatic amines is 2. The first-order chi connectivity index (χ1) is 26.4. The number of imidazole rings is 2. The fourth-order valence-electron chi connectivity index (χ4n) is 9.01. The smallest absolute Gasteiger partial charge is 0.407 e. The van der Waals surface area contributed by atoms with Gasteiger partial charge in [0.2, 0.25) is 17.7 Å². The molecule has 13 nitrogen and oxygen atoms in total. The number of H-pyrrole nitrogens is 2. The molecule has 290 valence electrons. The molecule has 2 bridgehead atoms. The minimum atomic E-state index is -0.683. The van der Waals surface area contributed by atoms with Crippen molar-refractivity contribution in [1.29, 1.82) is 0 Å². The Morgan fingerprint density at radius 2 is 1.38 bits per heavy atom. The Hall–Kier alpha value is -5.46. The fourth-order valence-corrected chi connectivity index (χ4v) is 9.01. The largest absolute Gasteiger partial charge is 0.453 e. The average molecular weight is 749 g/mol. The van der Waals surface area contributed by atoms with Gasteiger partial charge in [-0.2, -0.15) is 0 Å². The van der Waals surface area contributed by atoms with Crippen molar-refractivity contribution in [3.63, 3.8) is 0 Å². The number of alkyl carbamates (subject to hydrolysis) is 1. The number of methoxy groups -OCH3 is 1. The van der Waals surface area contributed by atoms with E-state index in [2.05, 4.69) is 74.2 Å². The Morgan fingerprint density at radius 1 is 0.818 bits per heavy atom. The topological polar surface area (TPSA) is 165 Å². The summed E-state index contributed by atoms with van der Waals surface area (Å²) in [5, 5.41) is 4.12. The highest BCUT2D eigenvalue weighted by Gasteiger charge is 2.53. The molecule has 7 rings (SSSR count). The van der Waals surface area contributed by atoms with Gasteiger partial charge in [0.15, 0.2) is 0 Å². The first-order valence-corrected chi connectivity index (χ1v) is 19.5. The molecule has 6 atom stereocenters. The van der Waals surface area contributed by atoms with Crippen LogP contribution in [0.3, 0.4) is 0 Å². The van der Waals surface area contributed by atoms with Gasteiger partial charge in [-0.15, -0.1) is 0 Å². The van der Waals surface area contributed by atoms with Crippen LogP contribution in [0.1, 0.15) is 90.3 Å². The van der Waals surface area contributed by atoms with E-state index in [1.807, 2.05) is 45.0 Å². The highest BCUT2D eigenvalue weighted by molar-refractivity contribution is 5.86. The number of fused-ring (bicyclic) bond motifs is 2. The molecule has 1 saturated heterocycles. The van der Waals surface area contributed by atoms with E-state index >= 15 is 0 Å². The lowest BCUT2D eigenvalue weighted by Crippen LogP contribution is -2.52. The minimum Gasteiger partial charge on any atom is -0.453 e. The molecule has 55 heavy (non-hydrogen) atoms. The number of aromatic nitrogens is 4.